The van der Waals surface area contributed by atoms with Crippen LogP contribution in [0, 0.1) is 5.92 Å². The normalized spacial score (nSPS) is 23.7. The fourth-order valence-corrected chi connectivity index (χ4v) is 5.13. The summed E-state index contributed by atoms with van der Waals surface area (Å²) < 4.78 is 23.6. The summed E-state index contributed by atoms with van der Waals surface area (Å²) in [4.78, 5) is 0.172. The molecule has 3 N–H and O–H groups in total. The van der Waals surface area contributed by atoms with Gasteiger partial charge < -0.3 is 5.32 Å². The molecule has 3 atom stereocenters. The number of anilines is 1. The molecular weight excluding hydrogens is 356 g/mol. The second-order valence-electron chi connectivity index (χ2n) is 7.34. The molecule has 4 nitrogen and oxygen atoms in total. The van der Waals surface area contributed by atoms with Gasteiger partial charge in [-0.1, -0.05) is 54.6 Å². The molecule has 0 bridgehead atoms. The van der Waals surface area contributed by atoms with Gasteiger partial charge in [0.1, 0.15) is 0 Å². The molecule has 0 unspecified atom stereocenters. The first kappa shape index (κ1) is 16.5. The molecule has 3 aromatic rings. The number of rotatable bonds is 2. The van der Waals surface area contributed by atoms with Crippen LogP contribution in [0.15, 0.2) is 77.7 Å². The molecule has 0 saturated heterocycles. The Morgan fingerprint density at radius 3 is 2.63 bits per heavy atom. The minimum absolute atomic E-state index is 0.170. The topological polar surface area (TPSA) is 72.2 Å². The number of hydrogen-bond donors (Lipinski definition) is 2. The molecule has 0 saturated carbocycles. The predicted octanol–water partition coefficient (Wildman–Crippen LogP) is 4.31. The molecule has 0 aromatic heterocycles. The Morgan fingerprint density at radius 2 is 1.78 bits per heavy atom. The van der Waals surface area contributed by atoms with Gasteiger partial charge in [-0.3, -0.25) is 0 Å². The summed E-state index contributed by atoms with van der Waals surface area (Å²) in [6, 6.07) is 20.2. The van der Waals surface area contributed by atoms with E-state index in [4.69, 9.17) is 5.14 Å². The summed E-state index contributed by atoms with van der Waals surface area (Å²) in [6.45, 7) is 0. The van der Waals surface area contributed by atoms with Gasteiger partial charge in [0.25, 0.3) is 0 Å². The molecule has 0 radical (unpaired) electrons. The molecule has 27 heavy (non-hydrogen) atoms. The van der Waals surface area contributed by atoms with E-state index in [1.54, 1.807) is 12.1 Å². The molecule has 1 aliphatic carbocycles. The van der Waals surface area contributed by atoms with E-state index in [1.807, 2.05) is 6.07 Å². The van der Waals surface area contributed by atoms with Gasteiger partial charge in [0, 0.05) is 11.6 Å². The molecule has 3 aromatic carbocycles. The maximum Gasteiger partial charge on any atom is 0.238 e. The van der Waals surface area contributed by atoms with Crippen molar-refractivity contribution in [1.82, 2.24) is 0 Å². The second-order valence-corrected chi connectivity index (χ2v) is 8.90. The lowest BCUT2D eigenvalue weighted by Gasteiger charge is -2.38. The van der Waals surface area contributed by atoms with Crippen LogP contribution in [-0.4, -0.2) is 8.42 Å². The summed E-state index contributed by atoms with van der Waals surface area (Å²) in [5, 5.41) is 11.5. The Bertz CT molecular complexity index is 1180. The zero-order chi connectivity index (χ0) is 18.6. The highest BCUT2D eigenvalue weighted by atomic mass is 32.2. The number of sulfonamides is 1. The van der Waals surface area contributed by atoms with Crippen LogP contribution in [0.2, 0.25) is 0 Å². The highest BCUT2D eigenvalue weighted by Gasteiger charge is 2.38. The van der Waals surface area contributed by atoms with E-state index in [2.05, 4.69) is 59.9 Å². The number of nitrogens with two attached hydrogens (primary N) is 1. The first-order chi connectivity index (χ1) is 13.0. The lowest BCUT2D eigenvalue weighted by atomic mass is 9.76. The van der Waals surface area contributed by atoms with E-state index in [9.17, 15) is 8.42 Å². The van der Waals surface area contributed by atoms with Gasteiger partial charge in [-0.2, -0.15) is 0 Å². The quantitative estimate of drug-likeness (QED) is 0.655. The molecule has 2 aliphatic rings. The number of hydrogen-bond acceptors (Lipinski definition) is 3. The maximum atomic E-state index is 11.8. The number of nitrogens with one attached hydrogen (secondary N) is 1. The van der Waals surface area contributed by atoms with Gasteiger partial charge in [-0.15, -0.1) is 0 Å². The second kappa shape index (κ2) is 5.94. The fraction of sp³-hybridized carbons (Fsp3) is 0.182. The zero-order valence-corrected chi connectivity index (χ0v) is 15.5. The Morgan fingerprint density at radius 1 is 0.963 bits per heavy atom. The van der Waals surface area contributed by atoms with Crippen molar-refractivity contribution in [1.29, 1.82) is 0 Å². The first-order valence-corrected chi connectivity index (χ1v) is 10.6. The standard InChI is InChI=1S/C22H20N2O2S/c23-27(25,26)15-11-12-21-20(13-15)17-8-4-10-19(17)22(24-21)18-9-3-6-14-5-1-2-7-16(14)18/h1-9,11-13,17,19,22,24H,10H2,(H2,23,25,26)/t17-,19+,22-/m0/s1. The molecule has 5 heteroatoms. The zero-order valence-electron chi connectivity index (χ0n) is 14.7. The summed E-state index contributed by atoms with van der Waals surface area (Å²) in [5.41, 5.74) is 3.28. The number of primary sulfonamides is 1. The smallest absolute Gasteiger partial charge is 0.238 e. The van der Waals surface area contributed by atoms with Gasteiger partial charge in [-0.25, -0.2) is 13.6 Å². The summed E-state index contributed by atoms with van der Waals surface area (Å²) >= 11 is 0. The SMILES string of the molecule is NS(=O)(=O)c1ccc2c(c1)[C@H]1C=CC[C@H]1[C@H](c1cccc3ccccc13)N2. The molecule has 136 valence electrons. The maximum absolute atomic E-state index is 11.8. The van der Waals surface area contributed by atoms with Crippen molar-refractivity contribution in [2.75, 3.05) is 5.32 Å². The molecule has 0 fully saturated rings. The van der Waals surface area contributed by atoms with Gasteiger partial charge in [0.05, 0.1) is 10.9 Å². The van der Waals surface area contributed by atoms with Gasteiger partial charge in [0.2, 0.25) is 10.0 Å². The Balaban J connectivity index is 1.66. The largest absolute Gasteiger partial charge is 0.378 e. The average Bonchev–Trinajstić information content (AvgIpc) is 3.16. The van der Waals surface area contributed by atoms with Crippen LogP contribution in [0.4, 0.5) is 5.69 Å². The van der Waals surface area contributed by atoms with Crippen molar-refractivity contribution in [3.05, 3.63) is 83.9 Å². The van der Waals surface area contributed by atoms with Crippen LogP contribution in [0.5, 0.6) is 0 Å². The predicted molar refractivity (Wildman–Crippen MR) is 108 cm³/mol. The average molecular weight is 376 g/mol. The van der Waals surface area contributed by atoms with Crippen molar-refractivity contribution in [3.8, 4) is 0 Å². The van der Waals surface area contributed by atoms with Crippen molar-refractivity contribution in [3.63, 3.8) is 0 Å². The highest BCUT2D eigenvalue weighted by Crippen LogP contribution is 2.51. The van der Waals surface area contributed by atoms with Crippen LogP contribution >= 0.6 is 0 Å². The summed E-state index contributed by atoms with van der Waals surface area (Å²) in [6.07, 6.45) is 5.37. The summed E-state index contributed by atoms with van der Waals surface area (Å²) in [7, 11) is -3.71. The fourth-order valence-electron chi connectivity index (χ4n) is 4.58. The van der Waals surface area contributed by atoms with Crippen LogP contribution in [0.25, 0.3) is 10.8 Å². The van der Waals surface area contributed by atoms with Gasteiger partial charge >= 0.3 is 0 Å². The molecule has 0 spiro atoms. The Kier molecular flexibility index (Phi) is 3.64. The minimum atomic E-state index is -3.71. The Hall–Kier alpha value is -2.63. The molecule has 1 aliphatic heterocycles. The van der Waals surface area contributed by atoms with Crippen LogP contribution in [0.1, 0.15) is 29.5 Å². The third-order valence-corrected chi connectivity index (χ3v) is 6.73. The van der Waals surface area contributed by atoms with Crippen LogP contribution in [-0.2, 0) is 10.0 Å². The molecule has 1 heterocycles. The van der Waals surface area contributed by atoms with E-state index < -0.39 is 10.0 Å². The van der Waals surface area contributed by atoms with E-state index >= 15 is 0 Å². The van der Waals surface area contributed by atoms with Gasteiger partial charge in [-0.05, 0) is 52.4 Å². The van der Waals surface area contributed by atoms with Crippen molar-refractivity contribution in [2.45, 2.75) is 23.3 Å². The van der Waals surface area contributed by atoms with Crippen molar-refractivity contribution < 1.29 is 8.42 Å². The van der Waals surface area contributed by atoms with Crippen molar-refractivity contribution in [2.24, 2.45) is 11.1 Å². The lowest BCUT2D eigenvalue weighted by molar-refractivity contribution is 0.427. The van der Waals surface area contributed by atoms with Crippen LogP contribution in [0.3, 0.4) is 0 Å². The molecule has 0 amide bonds. The number of benzene rings is 3. The molecule has 5 rings (SSSR count). The van der Waals surface area contributed by atoms with Gasteiger partial charge in [0.15, 0.2) is 0 Å². The van der Waals surface area contributed by atoms with E-state index in [0.717, 1.165) is 17.7 Å². The third kappa shape index (κ3) is 2.66. The monoisotopic (exact) mass is 376 g/mol. The van der Waals surface area contributed by atoms with E-state index in [0.29, 0.717) is 5.92 Å². The third-order valence-electron chi connectivity index (χ3n) is 5.82. The Labute approximate surface area is 158 Å². The van der Waals surface area contributed by atoms with E-state index in [1.165, 1.54) is 16.3 Å². The number of fused-ring (bicyclic) bond motifs is 4. The van der Waals surface area contributed by atoms with Crippen LogP contribution < -0.4 is 10.5 Å². The lowest BCUT2D eigenvalue weighted by Crippen LogP contribution is -2.29. The highest BCUT2D eigenvalue weighted by molar-refractivity contribution is 7.89. The van der Waals surface area contributed by atoms with E-state index in [-0.39, 0.29) is 16.9 Å². The summed E-state index contributed by atoms with van der Waals surface area (Å²) in [5.74, 6) is 0.533. The number of allylic oxidation sites excluding steroid dienone is 2. The molecular formula is C22H20N2O2S. The first-order valence-electron chi connectivity index (χ1n) is 9.10. The minimum Gasteiger partial charge on any atom is -0.378 e. The van der Waals surface area contributed by atoms with Crippen molar-refractivity contribution >= 4 is 26.5 Å².